The molecule has 30 heavy (non-hydrogen) atoms. The summed E-state index contributed by atoms with van der Waals surface area (Å²) < 4.78 is 34.8. The molecule has 6 nitrogen and oxygen atoms in total. The zero-order chi connectivity index (χ0) is 21.0. The minimum Gasteiger partial charge on any atom is -0.457 e. The van der Waals surface area contributed by atoms with Gasteiger partial charge < -0.3 is 4.74 Å². The van der Waals surface area contributed by atoms with Gasteiger partial charge >= 0.3 is 0 Å². The summed E-state index contributed by atoms with van der Waals surface area (Å²) in [5.74, 6) is 1.37. The lowest BCUT2D eigenvalue weighted by Gasteiger charge is -2.23. The van der Waals surface area contributed by atoms with Crippen LogP contribution in [0.1, 0.15) is 17.2 Å². The molecule has 0 bridgehead atoms. The second-order valence-electron chi connectivity index (χ2n) is 7.16. The highest BCUT2D eigenvalue weighted by Crippen LogP contribution is 2.35. The molecule has 3 aromatic rings. The van der Waals surface area contributed by atoms with Gasteiger partial charge in [-0.3, -0.25) is 4.84 Å². The van der Waals surface area contributed by atoms with Crippen molar-refractivity contribution in [3.8, 4) is 11.5 Å². The molecule has 1 aliphatic heterocycles. The third kappa shape index (κ3) is 4.71. The SMILES string of the molecule is CN1OCC(S(=O)(=O)NCc2ccccc2)C1c1cccc(Oc2ccccc2)c1. The molecule has 1 heterocycles. The maximum absolute atomic E-state index is 13.1. The Morgan fingerprint density at radius 1 is 0.967 bits per heavy atom. The molecule has 1 aliphatic rings. The number of hydrogen-bond acceptors (Lipinski definition) is 5. The van der Waals surface area contributed by atoms with E-state index >= 15 is 0 Å². The molecular formula is C23H24N2O4S. The maximum atomic E-state index is 13.1. The van der Waals surface area contributed by atoms with Crippen LogP contribution in [0.2, 0.25) is 0 Å². The van der Waals surface area contributed by atoms with Crippen LogP contribution in [-0.4, -0.2) is 32.4 Å². The van der Waals surface area contributed by atoms with Gasteiger partial charge in [-0.05, 0) is 35.4 Å². The van der Waals surface area contributed by atoms with Gasteiger partial charge in [0.05, 0.1) is 12.6 Å². The Bertz CT molecular complexity index is 1070. The van der Waals surface area contributed by atoms with E-state index in [1.54, 1.807) is 12.1 Å². The van der Waals surface area contributed by atoms with Crippen molar-refractivity contribution in [2.45, 2.75) is 17.8 Å². The Balaban J connectivity index is 1.54. The number of nitrogens with one attached hydrogen (secondary N) is 1. The summed E-state index contributed by atoms with van der Waals surface area (Å²) in [7, 11) is -1.87. The summed E-state index contributed by atoms with van der Waals surface area (Å²) in [4.78, 5) is 5.60. The average molecular weight is 425 g/mol. The van der Waals surface area contributed by atoms with E-state index in [1.807, 2.05) is 84.9 Å². The first-order valence-corrected chi connectivity index (χ1v) is 11.3. The number of para-hydroxylation sites is 1. The largest absolute Gasteiger partial charge is 0.457 e. The molecule has 0 spiro atoms. The molecule has 3 aromatic carbocycles. The number of rotatable bonds is 7. The van der Waals surface area contributed by atoms with Gasteiger partial charge in [0.1, 0.15) is 16.7 Å². The van der Waals surface area contributed by atoms with Gasteiger partial charge in [0.25, 0.3) is 0 Å². The molecule has 0 aliphatic carbocycles. The molecule has 0 amide bonds. The zero-order valence-electron chi connectivity index (χ0n) is 16.6. The smallest absolute Gasteiger partial charge is 0.219 e. The molecule has 7 heteroatoms. The van der Waals surface area contributed by atoms with Crippen LogP contribution in [-0.2, 0) is 21.4 Å². The molecule has 0 aromatic heterocycles. The van der Waals surface area contributed by atoms with Gasteiger partial charge in [0, 0.05) is 13.6 Å². The lowest BCUT2D eigenvalue weighted by Crippen LogP contribution is -2.39. The molecule has 0 radical (unpaired) electrons. The monoisotopic (exact) mass is 424 g/mol. The van der Waals surface area contributed by atoms with E-state index in [9.17, 15) is 8.42 Å². The van der Waals surface area contributed by atoms with Crippen molar-refractivity contribution in [3.05, 3.63) is 96.1 Å². The van der Waals surface area contributed by atoms with Crippen LogP contribution in [0.15, 0.2) is 84.9 Å². The summed E-state index contributed by atoms with van der Waals surface area (Å²) in [6.45, 7) is 0.336. The number of benzene rings is 3. The fourth-order valence-corrected chi connectivity index (χ4v) is 5.04. The van der Waals surface area contributed by atoms with Gasteiger partial charge in [-0.15, -0.1) is 0 Å². The molecular weight excluding hydrogens is 400 g/mol. The molecule has 2 atom stereocenters. The third-order valence-corrected chi connectivity index (χ3v) is 6.82. The highest BCUT2D eigenvalue weighted by atomic mass is 32.2. The van der Waals surface area contributed by atoms with E-state index in [4.69, 9.17) is 9.57 Å². The number of sulfonamides is 1. The molecule has 0 saturated carbocycles. The Hall–Kier alpha value is -2.71. The first-order valence-electron chi connectivity index (χ1n) is 9.74. The Morgan fingerprint density at radius 3 is 2.37 bits per heavy atom. The second-order valence-corrected chi connectivity index (χ2v) is 9.15. The molecule has 1 N–H and O–H groups in total. The van der Waals surface area contributed by atoms with Crippen molar-refractivity contribution < 1.29 is 18.0 Å². The van der Waals surface area contributed by atoms with Gasteiger partial charge in [-0.2, -0.15) is 5.06 Å². The van der Waals surface area contributed by atoms with Gasteiger partial charge in [0.15, 0.2) is 0 Å². The lowest BCUT2D eigenvalue weighted by atomic mass is 10.0. The van der Waals surface area contributed by atoms with Crippen LogP contribution in [0.3, 0.4) is 0 Å². The van der Waals surface area contributed by atoms with Crippen LogP contribution in [0.5, 0.6) is 11.5 Å². The van der Waals surface area contributed by atoms with Crippen molar-refractivity contribution in [1.82, 2.24) is 9.79 Å². The number of hydroxylamine groups is 2. The molecule has 156 valence electrons. The van der Waals surface area contributed by atoms with Gasteiger partial charge in [-0.1, -0.05) is 60.7 Å². The quantitative estimate of drug-likeness (QED) is 0.623. The first kappa shape index (κ1) is 20.6. The third-order valence-electron chi connectivity index (χ3n) is 5.08. The number of nitrogens with zero attached hydrogens (tertiary/aromatic N) is 1. The minimum absolute atomic E-state index is 0.0923. The second kappa shape index (κ2) is 8.97. The normalized spacial score (nSPS) is 19.6. The minimum atomic E-state index is -3.62. The van der Waals surface area contributed by atoms with Crippen molar-refractivity contribution in [1.29, 1.82) is 0 Å². The van der Waals surface area contributed by atoms with Crippen LogP contribution in [0.4, 0.5) is 0 Å². The maximum Gasteiger partial charge on any atom is 0.219 e. The van der Waals surface area contributed by atoms with E-state index in [0.717, 1.165) is 16.9 Å². The van der Waals surface area contributed by atoms with Crippen LogP contribution >= 0.6 is 0 Å². The van der Waals surface area contributed by atoms with Crippen LogP contribution in [0, 0.1) is 0 Å². The Labute approximate surface area is 177 Å². The lowest BCUT2D eigenvalue weighted by molar-refractivity contribution is -0.110. The zero-order valence-corrected chi connectivity index (χ0v) is 17.5. The fourth-order valence-electron chi connectivity index (χ4n) is 3.55. The molecule has 1 saturated heterocycles. The summed E-state index contributed by atoms with van der Waals surface area (Å²) in [6, 6.07) is 26.0. The number of ether oxygens (including phenoxy) is 1. The summed E-state index contributed by atoms with van der Waals surface area (Å²) in [5.41, 5.74) is 1.72. The van der Waals surface area contributed by atoms with Crippen molar-refractivity contribution in [2.24, 2.45) is 0 Å². The van der Waals surface area contributed by atoms with Crippen molar-refractivity contribution in [2.75, 3.05) is 13.7 Å². The molecule has 4 rings (SSSR count). The topological polar surface area (TPSA) is 67.9 Å². The van der Waals surface area contributed by atoms with E-state index in [0.29, 0.717) is 5.75 Å². The van der Waals surface area contributed by atoms with Gasteiger partial charge in [0.2, 0.25) is 10.0 Å². The fraction of sp³-hybridized carbons (Fsp3) is 0.217. The number of hydrogen-bond donors (Lipinski definition) is 1. The average Bonchev–Trinajstić information content (AvgIpc) is 3.16. The van der Waals surface area contributed by atoms with E-state index < -0.39 is 21.3 Å². The first-order chi connectivity index (χ1) is 14.5. The summed E-state index contributed by atoms with van der Waals surface area (Å²) in [5, 5.41) is 0.867. The van der Waals surface area contributed by atoms with E-state index in [-0.39, 0.29) is 13.2 Å². The standard InChI is InChI=1S/C23H24N2O4S/c1-25-23(19-11-8-14-21(15-19)29-20-12-6-3-7-13-20)22(17-28-25)30(26,27)24-16-18-9-4-2-5-10-18/h2-15,22-24H,16-17H2,1H3. The molecule has 2 unspecified atom stereocenters. The van der Waals surface area contributed by atoms with Crippen LogP contribution in [0.25, 0.3) is 0 Å². The summed E-state index contributed by atoms with van der Waals surface area (Å²) >= 11 is 0. The highest BCUT2D eigenvalue weighted by Gasteiger charge is 2.43. The van der Waals surface area contributed by atoms with Crippen molar-refractivity contribution in [3.63, 3.8) is 0 Å². The van der Waals surface area contributed by atoms with E-state index in [1.165, 1.54) is 0 Å². The highest BCUT2D eigenvalue weighted by molar-refractivity contribution is 7.90. The predicted octanol–water partition coefficient (Wildman–Crippen LogP) is 3.89. The van der Waals surface area contributed by atoms with Gasteiger partial charge in [-0.25, -0.2) is 13.1 Å². The Kier molecular flexibility index (Phi) is 6.15. The Morgan fingerprint density at radius 2 is 1.63 bits per heavy atom. The summed E-state index contributed by atoms with van der Waals surface area (Å²) in [6.07, 6.45) is 0. The molecule has 1 fully saturated rings. The van der Waals surface area contributed by atoms with E-state index in [2.05, 4.69) is 4.72 Å². The van der Waals surface area contributed by atoms with Crippen molar-refractivity contribution >= 4 is 10.0 Å². The predicted molar refractivity (Wildman–Crippen MR) is 115 cm³/mol. The van der Waals surface area contributed by atoms with Crippen LogP contribution < -0.4 is 9.46 Å².